The van der Waals surface area contributed by atoms with E-state index < -0.39 is 10.0 Å². The third kappa shape index (κ3) is 4.25. The molecule has 5 rings (SSSR count). The molecule has 0 radical (unpaired) electrons. The predicted octanol–water partition coefficient (Wildman–Crippen LogP) is 3.50. The molecule has 1 aliphatic rings. The fourth-order valence-electron chi connectivity index (χ4n) is 4.43. The van der Waals surface area contributed by atoms with Crippen LogP contribution >= 0.6 is 0 Å². The van der Waals surface area contributed by atoms with Gasteiger partial charge in [-0.3, -0.25) is 4.68 Å². The second kappa shape index (κ2) is 8.97. The van der Waals surface area contributed by atoms with E-state index in [0.29, 0.717) is 23.9 Å². The molecule has 11 heteroatoms. The van der Waals surface area contributed by atoms with Crippen molar-refractivity contribution < 1.29 is 13.2 Å². The zero-order valence-electron chi connectivity index (χ0n) is 20.3. The van der Waals surface area contributed by atoms with Gasteiger partial charge in [-0.25, -0.2) is 12.4 Å². The number of hydrogen-bond acceptors (Lipinski definition) is 8. The Morgan fingerprint density at radius 1 is 1.14 bits per heavy atom. The third-order valence-corrected chi connectivity index (χ3v) is 8.02. The van der Waals surface area contributed by atoms with Crippen LogP contribution in [0, 0.1) is 13.8 Å². The van der Waals surface area contributed by atoms with Crippen LogP contribution in [0.1, 0.15) is 30.6 Å². The molecule has 10 nitrogen and oxygen atoms in total. The lowest BCUT2D eigenvalue weighted by molar-refractivity contribution is 0.331. The molecule has 1 aromatic carbocycles. The molecule has 184 valence electrons. The summed E-state index contributed by atoms with van der Waals surface area (Å²) >= 11 is 0. The van der Waals surface area contributed by atoms with Gasteiger partial charge in [0.2, 0.25) is 11.8 Å². The summed E-state index contributed by atoms with van der Waals surface area (Å²) in [5.41, 5.74) is 2.96. The van der Waals surface area contributed by atoms with Crippen LogP contribution in [0.3, 0.4) is 0 Å². The molecule has 0 bridgehead atoms. The molecular weight excluding hydrogens is 466 g/mol. The zero-order chi connectivity index (χ0) is 24.7. The van der Waals surface area contributed by atoms with Crippen LogP contribution in [0.2, 0.25) is 0 Å². The molecule has 3 aromatic heterocycles. The lowest BCUT2D eigenvalue weighted by atomic mass is 10.2. The fraction of sp³-hybridized carbons (Fsp3) is 0.375. The summed E-state index contributed by atoms with van der Waals surface area (Å²) in [5.74, 6) is 0.562. The minimum absolute atomic E-state index is 0.185. The second-order valence-corrected chi connectivity index (χ2v) is 10.7. The summed E-state index contributed by atoms with van der Waals surface area (Å²) in [4.78, 5) is 11.6. The van der Waals surface area contributed by atoms with Crippen molar-refractivity contribution in [3.05, 3.63) is 54.0 Å². The van der Waals surface area contributed by atoms with E-state index in [4.69, 9.17) is 4.74 Å². The molecule has 1 aliphatic heterocycles. The summed E-state index contributed by atoms with van der Waals surface area (Å²) < 4.78 is 35.8. The van der Waals surface area contributed by atoms with E-state index in [1.165, 1.54) is 10.2 Å². The average molecular weight is 496 g/mol. The Morgan fingerprint density at radius 2 is 1.91 bits per heavy atom. The number of nitrogens with one attached hydrogen (secondary N) is 1. The first kappa shape index (κ1) is 23.3. The van der Waals surface area contributed by atoms with Crippen molar-refractivity contribution in [2.24, 2.45) is 0 Å². The summed E-state index contributed by atoms with van der Waals surface area (Å²) in [7, 11) is -1.75. The summed E-state index contributed by atoms with van der Waals surface area (Å²) in [5, 5.41) is 8.33. The highest BCUT2D eigenvalue weighted by atomic mass is 32.2. The van der Waals surface area contributed by atoms with Crippen molar-refractivity contribution in [3.63, 3.8) is 0 Å². The Balaban J connectivity index is 1.55. The van der Waals surface area contributed by atoms with Crippen LogP contribution in [0.25, 0.3) is 11.0 Å². The van der Waals surface area contributed by atoms with Crippen molar-refractivity contribution in [2.45, 2.75) is 38.1 Å². The van der Waals surface area contributed by atoms with Gasteiger partial charge in [-0.05, 0) is 59.0 Å². The monoisotopic (exact) mass is 495 g/mol. The number of benzene rings is 1. The number of rotatable bonds is 7. The molecule has 0 aliphatic carbocycles. The predicted molar refractivity (Wildman–Crippen MR) is 134 cm³/mol. The first-order valence-electron chi connectivity index (χ1n) is 11.6. The highest BCUT2D eigenvalue weighted by Crippen LogP contribution is 2.31. The van der Waals surface area contributed by atoms with Gasteiger partial charge in [0.15, 0.2) is 5.65 Å². The molecule has 1 N–H and O–H groups in total. The Bertz CT molecular complexity index is 1480. The van der Waals surface area contributed by atoms with Gasteiger partial charge in [-0.1, -0.05) is 17.7 Å². The first-order valence-corrected chi connectivity index (χ1v) is 13.1. The van der Waals surface area contributed by atoms with Crippen LogP contribution in [-0.2, 0) is 10.0 Å². The molecule has 1 atom stereocenters. The molecule has 1 unspecified atom stereocenters. The highest BCUT2D eigenvalue weighted by Gasteiger charge is 2.25. The lowest BCUT2D eigenvalue weighted by Gasteiger charge is -2.14. The van der Waals surface area contributed by atoms with Gasteiger partial charge < -0.3 is 15.0 Å². The third-order valence-electron chi connectivity index (χ3n) is 6.34. The molecule has 4 aromatic rings. The number of hydrogen-bond donors (Lipinski definition) is 1. The van der Waals surface area contributed by atoms with Crippen molar-refractivity contribution in [2.75, 3.05) is 32.1 Å². The number of fused-ring (bicyclic) bond motifs is 1. The smallest absolute Gasteiger partial charge is 0.269 e. The van der Waals surface area contributed by atoms with E-state index >= 15 is 0 Å². The van der Waals surface area contributed by atoms with Gasteiger partial charge in [0.25, 0.3) is 10.0 Å². The number of likely N-dealkylation sites (N-methyl/N-ethyl adjacent to an activating group) is 1. The van der Waals surface area contributed by atoms with Gasteiger partial charge in [-0.15, -0.1) is 0 Å². The Labute approximate surface area is 204 Å². The van der Waals surface area contributed by atoms with Crippen LogP contribution in [0.4, 0.5) is 11.6 Å². The topological polar surface area (TPSA) is 107 Å². The van der Waals surface area contributed by atoms with Crippen LogP contribution in [-0.4, -0.2) is 63.8 Å². The molecule has 35 heavy (non-hydrogen) atoms. The van der Waals surface area contributed by atoms with Crippen LogP contribution < -0.4 is 10.1 Å². The largest absolute Gasteiger partial charge is 0.477 e. The number of nitrogens with zero attached hydrogens (tertiary/aromatic N) is 6. The molecule has 4 heterocycles. The fourth-order valence-corrected chi connectivity index (χ4v) is 5.73. The zero-order valence-corrected chi connectivity index (χ0v) is 21.1. The van der Waals surface area contributed by atoms with E-state index in [0.717, 1.165) is 36.5 Å². The van der Waals surface area contributed by atoms with Crippen molar-refractivity contribution in [1.82, 2.24) is 28.6 Å². The van der Waals surface area contributed by atoms with Gasteiger partial charge >= 0.3 is 0 Å². The molecule has 1 saturated heterocycles. The molecular formula is C24H29N7O3S. The molecule has 0 saturated carbocycles. The average Bonchev–Trinajstić information content (AvgIpc) is 3.54. The van der Waals surface area contributed by atoms with Crippen molar-refractivity contribution in [1.29, 1.82) is 0 Å². The first-order chi connectivity index (χ1) is 16.8. The minimum atomic E-state index is -3.86. The number of anilines is 2. The molecule has 0 amide bonds. The Hall–Kier alpha value is -3.44. The van der Waals surface area contributed by atoms with Crippen molar-refractivity contribution in [3.8, 4) is 5.88 Å². The normalized spacial score (nSPS) is 16.7. The van der Waals surface area contributed by atoms with E-state index in [1.54, 1.807) is 36.5 Å². The van der Waals surface area contributed by atoms with Crippen molar-refractivity contribution >= 4 is 32.7 Å². The summed E-state index contributed by atoms with van der Waals surface area (Å²) in [6, 6.07) is 8.71. The molecule has 0 spiro atoms. The highest BCUT2D eigenvalue weighted by molar-refractivity contribution is 7.90. The van der Waals surface area contributed by atoms with Crippen LogP contribution in [0.5, 0.6) is 5.88 Å². The van der Waals surface area contributed by atoms with E-state index in [2.05, 4.69) is 32.3 Å². The summed E-state index contributed by atoms with van der Waals surface area (Å²) in [6.07, 6.45) is 4.28. The SMILES string of the molecule is CCOc1nc(Nc2cnn(C3CCN(C)C3)c2C)nc2c1ccn2S(=O)(=O)c1ccc(C)cc1. The number of ether oxygens (including phenoxy) is 1. The van der Waals surface area contributed by atoms with Crippen LogP contribution in [0.15, 0.2) is 47.6 Å². The lowest BCUT2D eigenvalue weighted by Crippen LogP contribution is -2.18. The van der Waals surface area contributed by atoms with Gasteiger partial charge in [-0.2, -0.15) is 15.1 Å². The van der Waals surface area contributed by atoms with Gasteiger partial charge in [0, 0.05) is 12.7 Å². The van der Waals surface area contributed by atoms with E-state index in [-0.39, 0.29) is 16.5 Å². The standard InChI is InChI=1S/C24H29N7O3S/c1-5-34-23-20-11-13-30(35(32,33)19-8-6-16(2)7-9-19)22(20)27-24(28-23)26-21-14-25-31(17(21)3)18-10-12-29(4)15-18/h6-9,11,13-14,18H,5,10,12,15H2,1-4H3,(H,26,27,28). The number of aromatic nitrogens is 5. The molecule has 1 fully saturated rings. The Morgan fingerprint density at radius 3 is 2.60 bits per heavy atom. The van der Waals surface area contributed by atoms with Gasteiger partial charge in [0.1, 0.15) is 0 Å². The number of aryl methyl sites for hydroxylation is 1. The Kier molecular flexibility index (Phi) is 5.97. The minimum Gasteiger partial charge on any atom is -0.477 e. The maximum atomic E-state index is 13.4. The van der Waals surface area contributed by atoms with E-state index in [9.17, 15) is 8.42 Å². The summed E-state index contributed by atoms with van der Waals surface area (Å²) in [6.45, 7) is 8.14. The quantitative estimate of drug-likeness (QED) is 0.415. The second-order valence-electron chi connectivity index (χ2n) is 8.87. The van der Waals surface area contributed by atoms with E-state index in [1.807, 2.05) is 25.5 Å². The van der Waals surface area contributed by atoms with Gasteiger partial charge in [0.05, 0.1) is 40.5 Å². The maximum Gasteiger partial charge on any atom is 0.269 e. The number of likely N-dealkylation sites (tertiary alicyclic amines) is 1. The maximum absolute atomic E-state index is 13.4.